The molecule has 0 fully saturated rings. The molecule has 0 aliphatic heterocycles. The van der Waals surface area contributed by atoms with E-state index >= 15 is 0 Å². The second kappa shape index (κ2) is 6.29. The van der Waals surface area contributed by atoms with Crippen LogP contribution in [0, 0.1) is 6.92 Å². The Balaban J connectivity index is 0.000000671. The van der Waals surface area contributed by atoms with Crippen LogP contribution in [0.25, 0.3) is 0 Å². The normalized spacial score (nSPS) is 8.62. The average Bonchev–Trinajstić information content (AvgIpc) is 2.15. The minimum absolute atomic E-state index is 0.593. The van der Waals surface area contributed by atoms with Crippen LogP contribution in [0.2, 0.25) is 0 Å². The van der Waals surface area contributed by atoms with Gasteiger partial charge < -0.3 is 10.5 Å². The summed E-state index contributed by atoms with van der Waals surface area (Å²) in [5.41, 5.74) is 7.34. The summed E-state index contributed by atoms with van der Waals surface area (Å²) in [7, 11) is 0. The number of aryl methyl sites for hydroxylation is 1. The van der Waals surface area contributed by atoms with Crippen LogP contribution in [0.3, 0.4) is 0 Å². The molecule has 2 N–H and O–H groups in total. The number of pyridine rings is 1. The van der Waals surface area contributed by atoms with Crippen LogP contribution in [0.15, 0.2) is 12.3 Å². The van der Waals surface area contributed by atoms with Crippen molar-refractivity contribution in [2.75, 3.05) is 12.3 Å². The number of nitrogens with two attached hydrogens (primary N) is 1. The number of rotatable bonds is 2. The first-order valence-electron chi connectivity index (χ1n) is 4.59. The lowest BCUT2D eigenvalue weighted by molar-refractivity contribution is 0.327. The van der Waals surface area contributed by atoms with Crippen molar-refractivity contribution in [3.8, 4) is 5.88 Å². The maximum absolute atomic E-state index is 5.63. The Hall–Kier alpha value is -1.25. The summed E-state index contributed by atoms with van der Waals surface area (Å²) >= 11 is 0. The van der Waals surface area contributed by atoms with Crippen molar-refractivity contribution < 1.29 is 4.74 Å². The van der Waals surface area contributed by atoms with E-state index in [1.54, 1.807) is 12.3 Å². The van der Waals surface area contributed by atoms with Crippen LogP contribution < -0.4 is 10.5 Å². The summed E-state index contributed by atoms with van der Waals surface area (Å²) in [5.74, 6) is 0.593. The van der Waals surface area contributed by atoms with Crippen molar-refractivity contribution in [2.45, 2.75) is 27.7 Å². The smallest absolute Gasteiger partial charge is 0.215 e. The van der Waals surface area contributed by atoms with Crippen molar-refractivity contribution in [3.05, 3.63) is 17.8 Å². The Labute approximate surface area is 79.9 Å². The van der Waals surface area contributed by atoms with E-state index in [1.165, 1.54) is 0 Å². The quantitative estimate of drug-likeness (QED) is 0.764. The third-order valence-electron chi connectivity index (χ3n) is 1.41. The molecule has 74 valence electrons. The summed E-state index contributed by atoms with van der Waals surface area (Å²) in [6.07, 6.45) is 1.71. The maximum atomic E-state index is 5.63. The standard InChI is InChI=1S/C8H12N2O.C2H6/c1-3-11-8-4-7(9)6(2)5-10-8;1-2/h4-5H,3H2,1-2H3,(H2,9,10);1-2H3. The Bertz CT molecular complexity index is 249. The molecule has 0 spiro atoms. The fourth-order valence-corrected chi connectivity index (χ4v) is 0.746. The van der Waals surface area contributed by atoms with Gasteiger partial charge in [0.25, 0.3) is 0 Å². The summed E-state index contributed by atoms with van der Waals surface area (Å²) in [4.78, 5) is 4.03. The van der Waals surface area contributed by atoms with Crippen LogP contribution in [-0.4, -0.2) is 11.6 Å². The number of aromatic nitrogens is 1. The van der Waals surface area contributed by atoms with E-state index in [1.807, 2.05) is 27.7 Å². The fourth-order valence-electron chi connectivity index (χ4n) is 0.746. The van der Waals surface area contributed by atoms with Crippen molar-refractivity contribution in [3.63, 3.8) is 0 Å². The molecule has 0 amide bonds. The van der Waals surface area contributed by atoms with Gasteiger partial charge in [-0.05, 0) is 19.4 Å². The van der Waals surface area contributed by atoms with E-state index in [0.29, 0.717) is 12.5 Å². The van der Waals surface area contributed by atoms with Gasteiger partial charge in [0, 0.05) is 18.0 Å². The van der Waals surface area contributed by atoms with E-state index in [-0.39, 0.29) is 0 Å². The van der Waals surface area contributed by atoms with Gasteiger partial charge in [-0.3, -0.25) is 0 Å². The van der Waals surface area contributed by atoms with Gasteiger partial charge in [0.2, 0.25) is 5.88 Å². The van der Waals surface area contributed by atoms with Crippen LogP contribution >= 0.6 is 0 Å². The van der Waals surface area contributed by atoms with Crippen molar-refractivity contribution in [1.29, 1.82) is 0 Å². The maximum Gasteiger partial charge on any atom is 0.215 e. The summed E-state index contributed by atoms with van der Waals surface area (Å²) in [6, 6.07) is 1.73. The van der Waals surface area contributed by atoms with Crippen molar-refractivity contribution in [1.82, 2.24) is 4.98 Å². The zero-order valence-corrected chi connectivity index (χ0v) is 8.79. The van der Waals surface area contributed by atoms with Crippen LogP contribution in [0.5, 0.6) is 5.88 Å². The first-order chi connectivity index (χ1) is 6.24. The molecule has 13 heavy (non-hydrogen) atoms. The van der Waals surface area contributed by atoms with E-state index < -0.39 is 0 Å². The van der Waals surface area contributed by atoms with Crippen LogP contribution in [0.4, 0.5) is 5.69 Å². The first-order valence-corrected chi connectivity index (χ1v) is 4.59. The Morgan fingerprint density at radius 1 is 1.46 bits per heavy atom. The van der Waals surface area contributed by atoms with Crippen LogP contribution in [0.1, 0.15) is 26.3 Å². The van der Waals surface area contributed by atoms with Crippen molar-refractivity contribution >= 4 is 5.69 Å². The number of nitrogens with zero attached hydrogens (tertiary/aromatic N) is 1. The molecule has 0 unspecified atom stereocenters. The van der Waals surface area contributed by atoms with Gasteiger partial charge in [0.05, 0.1) is 6.61 Å². The fraction of sp³-hybridized carbons (Fsp3) is 0.500. The lowest BCUT2D eigenvalue weighted by atomic mass is 10.3. The Kier molecular flexibility index (Phi) is 5.68. The molecule has 0 aromatic carbocycles. The molecule has 0 saturated heterocycles. The molecule has 0 saturated carbocycles. The highest BCUT2D eigenvalue weighted by atomic mass is 16.5. The van der Waals surface area contributed by atoms with Gasteiger partial charge in [0.15, 0.2) is 0 Å². The predicted octanol–water partition coefficient (Wildman–Crippen LogP) is 2.40. The second-order valence-electron chi connectivity index (χ2n) is 2.31. The summed E-state index contributed by atoms with van der Waals surface area (Å²) in [5, 5.41) is 0. The number of hydrogen-bond acceptors (Lipinski definition) is 3. The van der Waals surface area contributed by atoms with Gasteiger partial charge in [-0.25, -0.2) is 4.98 Å². The molecule has 3 nitrogen and oxygen atoms in total. The molecule has 1 rings (SSSR count). The largest absolute Gasteiger partial charge is 0.478 e. The van der Waals surface area contributed by atoms with E-state index in [0.717, 1.165) is 11.3 Å². The number of nitrogen functional groups attached to an aromatic ring is 1. The zero-order chi connectivity index (χ0) is 10.3. The van der Waals surface area contributed by atoms with Crippen LogP contribution in [-0.2, 0) is 0 Å². The molecule has 0 aliphatic carbocycles. The monoisotopic (exact) mass is 182 g/mol. The third kappa shape index (κ3) is 3.78. The molecule has 1 aromatic rings. The zero-order valence-electron chi connectivity index (χ0n) is 8.79. The van der Waals surface area contributed by atoms with Gasteiger partial charge in [-0.15, -0.1) is 0 Å². The number of ether oxygens (including phenoxy) is 1. The Morgan fingerprint density at radius 3 is 2.54 bits per heavy atom. The number of hydrogen-bond donors (Lipinski definition) is 1. The van der Waals surface area contributed by atoms with Gasteiger partial charge in [0.1, 0.15) is 0 Å². The topological polar surface area (TPSA) is 48.1 Å². The first kappa shape index (κ1) is 11.8. The highest BCUT2D eigenvalue weighted by Gasteiger charge is 1.96. The lowest BCUT2D eigenvalue weighted by Crippen LogP contribution is -1.97. The molecular formula is C10H18N2O. The average molecular weight is 182 g/mol. The minimum atomic E-state index is 0.593. The summed E-state index contributed by atoms with van der Waals surface area (Å²) < 4.78 is 5.15. The highest BCUT2D eigenvalue weighted by Crippen LogP contribution is 2.14. The third-order valence-corrected chi connectivity index (χ3v) is 1.41. The predicted molar refractivity (Wildman–Crippen MR) is 55.9 cm³/mol. The van der Waals surface area contributed by atoms with Gasteiger partial charge >= 0.3 is 0 Å². The lowest BCUT2D eigenvalue weighted by Gasteiger charge is -2.03. The SMILES string of the molecule is CC.CCOc1cc(N)c(C)cn1. The molecule has 1 aromatic heterocycles. The summed E-state index contributed by atoms with van der Waals surface area (Å²) in [6.45, 7) is 8.45. The molecule has 1 heterocycles. The van der Waals surface area contributed by atoms with E-state index in [4.69, 9.17) is 10.5 Å². The van der Waals surface area contributed by atoms with Gasteiger partial charge in [-0.2, -0.15) is 0 Å². The molecular weight excluding hydrogens is 164 g/mol. The van der Waals surface area contributed by atoms with Gasteiger partial charge in [-0.1, -0.05) is 13.8 Å². The van der Waals surface area contributed by atoms with Crippen molar-refractivity contribution in [2.24, 2.45) is 0 Å². The highest BCUT2D eigenvalue weighted by molar-refractivity contribution is 5.46. The number of anilines is 1. The van der Waals surface area contributed by atoms with E-state index in [2.05, 4.69) is 4.98 Å². The molecule has 0 atom stereocenters. The Morgan fingerprint density at radius 2 is 2.08 bits per heavy atom. The van der Waals surface area contributed by atoms with E-state index in [9.17, 15) is 0 Å². The minimum Gasteiger partial charge on any atom is -0.478 e. The molecule has 0 bridgehead atoms. The second-order valence-corrected chi connectivity index (χ2v) is 2.31. The molecule has 0 radical (unpaired) electrons. The molecule has 3 heteroatoms. The molecule has 0 aliphatic rings.